The smallest absolute Gasteiger partial charge is 0.242 e. The molecule has 2 rings (SSSR count). The summed E-state index contributed by atoms with van der Waals surface area (Å²) in [6.45, 7) is 5.26. The molecule has 0 fully saturated rings. The van der Waals surface area contributed by atoms with Crippen LogP contribution in [-0.4, -0.2) is 15.0 Å². The third-order valence-electron chi connectivity index (χ3n) is 2.83. The molecule has 110 valence electrons. The fourth-order valence-corrected chi connectivity index (χ4v) is 5.27. The van der Waals surface area contributed by atoms with E-state index in [0.717, 1.165) is 16.3 Å². The molecule has 0 aliphatic rings. The van der Waals surface area contributed by atoms with Crippen LogP contribution in [0, 0.1) is 0 Å². The second-order valence-electron chi connectivity index (χ2n) is 4.35. The molecule has 2 heterocycles. The molecule has 4 nitrogen and oxygen atoms in total. The number of nitrogens with one attached hydrogen (secondary N) is 2. The number of hydrogen-bond acceptors (Lipinski definition) is 5. The Morgan fingerprint density at radius 1 is 1.25 bits per heavy atom. The Kier molecular flexibility index (Phi) is 5.34. The Bertz CT molecular complexity index is 632. The number of hydrogen-bond donors (Lipinski definition) is 2. The van der Waals surface area contributed by atoms with Gasteiger partial charge in [-0.05, 0) is 36.4 Å². The standard InChI is InChI=1S/C13H18N2O2S3/c1-3-14-9-12-13(6-8-19-12)20(16,17)15-10(2)11-5-4-7-18-11/h4-8,10,14-15H,3,9H2,1-2H3. The zero-order chi connectivity index (χ0) is 14.6. The van der Waals surface area contributed by atoms with Gasteiger partial charge in [0.1, 0.15) is 0 Å². The second-order valence-corrected chi connectivity index (χ2v) is 8.01. The van der Waals surface area contributed by atoms with Crippen molar-refractivity contribution in [3.63, 3.8) is 0 Å². The minimum absolute atomic E-state index is 0.216. The van der Waals surface area contributed by atoms with Gasteiger partial charge >= 0.3 is 0 Å². The fraction of sp³-hybridized carbons (Fsp3) is 0.385. The summed E-state index contributed by atoms with van der Waals surface area (Å²) in [6, 6.07) is 5.31. The maximum atomic E-state index is 12.5. The van der Waals surface area contributed by atoms with Crippen LogP contribution in [-0.2, 0) is 16.6 Å². The van der Waals surface area contributed by atoms with E-state index in [1.807, 2.05) is 36.7 Å². The van der Waals surface area contributed by atoms with Crippen molar-refractivity contribution in [2.75, 3.05) is 6.54 Å². The summed E-state index contributed by atoms with van der Waals surface area (Å²) in [5.41, 5.74) is 0. The first-order valence-corrected chi connectivity index (χ1v) is 9.61. The molecule has 2 N–H and O–H groups in total. The number of sulfonamides is 1. The third kappa shape index (κ3) is 3.67. The van der Waals surface area contributed by atoms with E-state index in [1.54, 1.807) is 17.4 Å². The van der Waals surface area contributed by atoms with Gasteiger partial charge in [0.2, 0.25) is 10.0 Å². The van der Waals surface area contributed by atoms with Gasteiger partial charge in [0, 0.05) is 16.3 Å². The molecule has 20 heavy (non-hydrogen) atoms. The predicted molar refractivity (Wildman–Crippen MR) is 84.8 cm³/mol. The molecular weight excluding hydrogens is 312 g/mol. The highest BCUT2D eigenvalue weighted by atomic mass is 32.2. The van der Waals surface area contributed by atoms with Crippen molar-refractivity contribution in [1.29, 1.82) is 0 Å². The Hall–Kier alpha value is -0.730. The molecular formula is C13H18N2O2S3. The number of thiophene rings is 2. The Morgan fingerprint density at radius 2 is 2.05 bits per heavy atom. The van der Waals surface area contributed by atoms with Gasteiger partial charge in [0.15, 0.2) is 0 Å². The summed E-state index contributed by atoms with van der Waals surface area (Å²) in [4.78, 5) is 2.24. The molecule has 0 aromatic carbocycles. The molecule has 0 saturated carbocycles. The largest absolute Gasteiger partial charge is 0.312 e. The van der Waals surface area contributed by atoms with Gasteiger partial charge in [-0.15, -0.1) is 22.7 Å². The van der Waals surface area contributed by atoms with Crippen LogP contribution in [0.5, 0.6) is 0 Å². The van der Waals surface area contributed by atoms with E-state index in [4.69, 9.17) is 0 Å². The van der Waals surface area contributed by atoms with Crippen LogP contribution < -0.4 is 10.0 Å². The molecule has 0 radical (unpaired) electrons. The van der Waals surface area contributed by atoms with Crippen LogP contribution in [0.2, 0.25) is 0 Å². The predicted octanol–water partition coefficient (Wildman–Crippen LogP) is 2.96. The highest BCUT2D eigenvalue weighted by Crippen LogP contribution is 2.25. The van der Waals surface area contributed by atoms with Gasteiger partial charge in [-0.2, -0.15) is 0 Å². The summed E-state index contributed by atoms with van der Waals surface area (Å²) < 4.78 is 27.6. The molecule has 1 unspecified atom stereocenters. The minimum atomic E-state index is -3.48. The van der Waals surface area contributed by atoms with E-state index in [0.29, 0.717) is 11.4 Å². The van der Waals surface area contributed by atoms with E-state index < -0.39 is 10.0 Å². The Morgan fingerprint density at radius 3 is 2.70 bits per heavy atom. The first-order valence-electron chi connectivity index (χ1n) is 6.37. The summed E-state index contributed by atoms with van der Waals surface area (Å²) in [5.74, 6) is 0. The van der Waals surface area contributed by atoms with E-state index in [1.165, 1.54) is 11.3 Å². The van der Waals surface area contributed by atoms with Gasteiger partial charge < -0.3 is 5.32 Å². The van der Waals surface area contributed by atoms with Crippen molar-refractivity contribution in [3.05, 3.63) is 38.7 Å². The average Bonchev–Trinajstić information content (AvgIpc) is 3.07. The SMILES string of the molecule is CCNCc1sccc1S(=O)(=O)NC(C)c1cccs1. The van der Waals surface area contributed by atoms with Crippen LogP contribution in [0.4, 0.5) is 0 Å². The average molecular weight is 330 g/mol. The van der Waals surface area contributed by atoms with Crippen molar-refractivity contribution in [1.82, 2.24) is 10.0 Å². The van der Waals surface area contributed by atoms with Gasteiger partial charge in [0.05, 0.1) is 10.9 Å². The second kappa shape index (κ2) is 6.82. The monoisotopic (exact) mass is 330 g/mol. The van der Waals surface area contributed by atoms with E-state index >= 15 is 0 Å². The van der Waals surface area contributed by atoms with E-state index in [2.05, 4.69) is 10.0 Å². The lowest BCUT2D eigenvalue weighted by Gasteiger charge is -2.13. The maximum absolute atomic E-state index is 12.5. The molecule has 1 atom stereocenters. The molecule has 0 saturated heterocycles. The molecule has 0 spiro atoms. The van der Waals surface area contributed by atoms with Gasteiger partial charge in [-0.1, -0.05) is 13.0 Å². The summed E-state index contributed by atoms with van der Waals surface area (Å²) in [7, 11) is -3.48. The van der Waals surface area contributed by atoms with E-state index in [-0.39, 0.29) is 6.04 Å². The van der Waals surface area contributed by atoms with Gasteiger partial charge in [0.25, 0.3) is 0 Å². The molecule has 7 heteroatoms. The highest BCUT2D eigenvalue weighted by Gasteiger charge is 2.22. The van der Waals surface area contributed by atoms with Crippen LogP contribution >= 0.6 is 22.7 Å². The molecule has 0 aliphatic heterocycles. The summed E-state index contributed by atoms with van der Waals surface area (Å²) >= 11 is 3.01. The third-order valence-corrected chi connectivity index (χ3v) is 6.56. The molecule has 0 aliphatic carbocycles. The van der Waals surface area contributed by atoms with Crippen LogP contribution in [0.1, 0.15) is 29.6 Å². The Balaban J connectivity index is 2.16. The normalized spacial score (nSPS) is 13.5. The lowest BCUT2D eigenvalue weighted by molar-refractivity contribution is 0.567. The first kappa shape index (κ1) is 15.7. The summed E-state index contributed by atoms with van der Waals surface area (Å²) in [5, 5.41) is 6.93. The first-order chi connectivity index (χ1) is 9.54. The van der Waals surface area contributed by atoms with Gasteiger partial charge in [-0.25, -0.2) is 13.1 Å². The zero-order valence-electron chi connectivity index (χ0n) is 11.4. The van der Waals surface area contributed by atoms with Crippen molar-refractivity contribution < 1.29 is 8.42 Å². The Labute approximate surface area is 127 Å². The number of rotatable bonds is 7. The van der Waals surface area contributed by atoms with E-state index in [9.17, 15) is 8.42 Å². The lowest BCUT2D eigenvalue weighted by atomic mass is 10.3. The topological polar surface area (TPSA) is 58.2 Å². The molecule has 2 aromatic heterocycles. The quantitative estimate of drug-likeness (QED) is 0.820. The highest BCUT2D eigenvalue weighted by molar-refractivity contribution is 7.89. The van der Waals surface area contributed by atoms with Crippen molar-refractivity contribution >= 4 is 32.7 Å². The van der Waals surface area contributed by atoms with Crippen molar-refractivity contribution in [2.24, 2.45) is 0 Å². The fourth-order valence-electron chi connectivity index (χ4n) is 1.83. The van der Waals surface area contributed by atoms with Crippen LogP contribution in [0.15, 0.2) is 33.9 Å². The van der Waals surface area contributed by atoms with Gasteiger partial charge in [-0.3, -0.25) is 0 Å². The zero-order valence-corrected chi connectivity index (χ0v) is 13.9. The van der Waals surface area contributed by atoms with Crippen molar-refractivity contribution in [2.45, 2.75) is 31.3 Å². The molecule has 0 amide bonds. The molecule has 2 aromatic rings. The molecule has 0 bridgehead atoms. The van der Waals surface area contributed by atoms with Crippen LogP contribution in [0.3, 0.4) is 0 Å². The van der Waals surface area contributed by atoms with Crippen molar-refractivity contribution in [3.8, 4) is 0 Å². The van der Waals surface area contributed by atoms with Crippen LogP contribution in [0.25, 0.3) is 0 Å². The summed E-state index contributed by atoms with van der Waals surface area (Å²) in [6.07, 6.45) is 0. The maximum Gasteiger partial charge on any atom is 0.242 e. The minimum Gasteiger partial charge on any atom is -0.312 e. The lowest BCUT2D eigenvalue weighted by Crippen LogP contribution is -2.27.